The predicted octanol–water partition coefficient (Wildman–Crippen LogP) is 2.57. The SMILES string of the molecule is C[C@@H]1C[C@H](C)CN(C(=O)Cn2c(=O)sc3ccccc32)C1. The number of likely N-dealkylation sites (tertiary alicyclic amines) is 1. The summed E-state index contributed by atoms with van der Waals surface area (Å²) in [5, 5.41) is 0. The van der Waals surface area contributed by atoms with E-state index >= 15 is 0 Å². The van der Waals surface area contributed by atoms with Crippen molar-refractivity contribution in [1.82, 2.24) is 9.47 Å². The van der Waals surface area contributed by atoms with E-state index in [1.54, 1.807) is 4.57 Å². The smallest absolute Gasteiger partial charge is 0.308 e. The summed E-state index contributed by atoms with van der Waals surface area (Å²) in [6.07, 6.45) is 1.17. The number of carbonyl (C=O) groups is 1. The third-order valence-corrected chi connectivity index (χ3v) is 5.05. The maximum atomic E-state index is 12.5. The Morgan fingerprint density at radius 3 is 2.62 bits per heavy atom. The molecule has 1 aliphatic rings. The van der Waals surface area contributed by atoms with Crippen LogP contribution in [0, 0.1) is 11.8 Å². The topological polar surface area (TPSA) is 42.3 Å². The van der Waals surface area contributed by atoms with E-state index in [1.165, 1.54) is 17.8 Å². The average molecular weight is 304 g/mol. The first-order valence-corrected chi connectivity index (χ1v) is 8.22. The van der Waals surface area contributed by atoms with Crippen LogP contribution in [-0.2, 0) is 11.3 Å². The Kier molecular flexibility index (Phi) is 3.85. The number of piperidine rings is 1. The molecule has 1 amide bonds. The minimum atomic E-state index is -0.0531. The molecule has 0 unspecified atom stereocenters. The zero-order valence-corrected chi connectivity index (χ0v) is 13.2. The number of para-hydroxylation sites is 1. The van der Waals surface area contributed by atoms with Gasteiger partial charge in [-0.2, -0.15) is 0 Å². The minimum absolute atomic E-state index is 0.0531. The van der Waals surface area contributed by atoms with Crippen molar-refractivity contribution < 1.29 is 4.79 Å². The molecule has 1 aromatic carbocycles. The molecule has 1 saturated heterocycles. The highest BCUT2D eigenvalue weighted by Gasteiger charge is 2.26. The van der Waals surface area contributed by atoms with Gasteiger partial charge in [0.1, 0.15) is 6.54 Å². The van der Waals surface area contributed by atoms with Crippen LogP contribution in [0.2, 0.25) is 0 Å². The predicted molar refractivity (Wildman–Crippen MR) is 85.6 cm³/mol. The van der Waals surface area contributed by atoms with Crippen LogP contribution in [0.1, 0.15) is 20.3 Å². The van der Waals surface area contributed by atoms with Gasteiger partial charge in [-0.15, -0.1) is 0 Å². The van der Waals surface area contributed by atoms with Crippen LogP contribution >= 0.6 is 11.3 Å². The highest BCUT2D eigenvalue weighted by molar-refractivity contribution is 7.16. The number of thiazole rings is 1. The Hall–Kier alpha value is -1.62. The number of hydrogen-bond donors (Lipinski definition) is 0. The quantitative estimate of drug-likeness (QED) is 0.856. The van der Waals surface area contributed by atoms with Gasteiger partial charge in [-0.3, -0.25) is 14.2 Å². The van der Waals surface area contributed by atoms with Crippen LogP contribution in [-0.4, -0.2) is 28.5 Å². The summed E-state index contributed by atoms with van der Waals surface area (Å²) in [6.45, 7) is 6.13. The molecule has 3 rings (SSSR count). The molecule has 2 atom stereocenters. The normalized spacial score (nSPS) is 22.7. The molecule has 2 aromatic rings. The number of carbonyl (C=O) groups excluding carboxylic acids is 1. The van der Waals surface area contributed by atoms with E-state index in [-0.39, 0.29) is 17.3 Å². The highest BCUT2D eigenvalue weighted by Crippen LogP contribution is 2.22. The van der Waals surface area contributed by atoms with E-state index in [9.17, 15) is 9.59 Å². The van der Waals surface area contributed by atoms with Crippen LogP contribution < -0.4 is 4.87 Å². The van der Waals surface area contributed by atoms with E-state index in [0.29, 0.717) is 11.8 Å². The molecular formula is C16H20N2O2S. The lowest BCUT2D eigenvalue weighted by Crippen LogP contribution is -2.44. The van der Waals surface area contributed by atoms with Gasteiger partial charge < -0.3 is 4.90 Å². The van der Waals surface area contributed by atoms with E-state index in [0.717, 1.165) is 23.3 Å². The number of aromatic nitrogens is 1. The molecule has 1 fully saturated rings. The lowest BCUT2D eigenvalue weighted by atomic mass is 9.92. The molecule has 2 heterocycles. The summed E-state index contributed by atoms with van der Waals surface area (Å²) in [5.41, 5.74) is 0.860. The molecule has 0 saturated carbocycles. The largest absolute Gasteiger partial charge is 0.341 e. The third kappa shape index (κ3) is 2.88. The first-order valence-electron chi connectivity index (χ1n) is 7.40. The zero-order valence-electron chi connectivity index (χ0n) is 12.4. The Morgan fingerprint density at radius 1 is 1.24 bits per heavy atom. The standard InChI is InChI=1S/C16H20N2O2S/c1-11-7-12(2)9-17(8-11)15(19)10-18-13-5-3-4-6-14(13)21-16(18)20/h3-6,11-12H,7-10H2,1-2H3/t11-,12+. The minimum Gasteiger partial charge on any atom is -0.341 e. The number of rotatable bonds is 2. The van der Waals surface area contributed by atoms with Crippen molar-refractivity contribution in [2.45, 2.75) is 26.8 Å². The second-order valence-corrected chi connectivity index (χ2v) is 7.16. The Morgan fingerprint density at radius 2 is 1.90 bits per heavy atom. The van der Waals surface area contributed by atoms with Crippen molar-refractivity contribution in [3.05, 3.63) is 33.9 Å². The van der Waals surface area contributed by atoms with Gasteiger partial charge in [0.25, 0.3) is 0 Å². The second-order valence-electron chi connectivity index (χ2n) is 6.17. The zero-order chi connectivity index (χ0) is 15.0. The maximum absolute atomic E-state index is 12.5. The average Bonchev–Trinajstić information content (AvgIpc) is 2.74. The fourth-order valence-electron chi connectivity index (χ4n) is 3.27. The lowest BCUT2D eigenvalue weighted by molar-refractivity contribution is -0.134. The number of fused-ring (bicyclic) bond motifs is 1. The number of benzene rings is 1. The van der Waals surface area contributed by atoms with Crippen molar-refractivity contribution in [3.8, 4) is 0 Å². The fourth-order valence-corrected chi connectivity index (χ4v) is 4.16. The number of hydrogen-bond acceptors (Lipinski definition) is 3. The molecule has 21 heavy (non-hydrogen) atoms. The van der Waals surface area contributed by atoms with Crippen molar-refractivity contribution in [1.29, 1.82) is 0 Å². The summed E-state index contributed by atoms with van der Waals surface area (Å²) in [4.78, 5) is 26.5. The van der Waals surface area contributed by atoms with Crippen LogP contribution in [0.15, 0.2) is 29.1 Å². The van der Waals surface area contributed by atoms with Gasteiger partial charge in [0.05, 0.1) is 10.2 Å². The number of nitrogens with zero attached hydrogens (tertiary/aromatic N) is 2. The van der Waals surface area contributed by atoms with E-state index < -0.39 is 0 Å². The van der Waals surface area contributed by atoms with E-state index in [1.807, 2.05) is 29.2 Å². The molecule has 0 aliphatic carbocycles. The molecule has 0 bridgehead atoms. The van der Waals surface area contributed by atoms with Gasteiger partial charge in [0.2, 0.25) is 5.91 Å². The van der Waals surface area contributed by atoms with Gasteiger partial charge in [0, 0.05) is 13.1 Å². The van der Waals surface area contributed by atoms with Crippen LogP contribution in [0.25, 0.3) is 10.2 Å². The fraction of sp³-hybridized carbons (Fsp3) is 0.500. The van der Waals surface area contributed by atoms with Crippen LogP contribution in [0.5, 0.6) is 0 Å². The molecule has 0 spiro atoms. The van der Waals surface area contributed by atoms with E-state index in [4.69, 9.17) is 0 Å². The molecule has 112 valence electrons. The first kappa shape index (κ1) is 14.3. The van der Waals surface area contributed by atoms with Crippen molar-refractivity contribution in [2.75, 3.05) is 13.1 Å². The first-order chi connectivity index (χ1) is 10.0. The maximum Gasteiger partial charge on any atom is 0.308 e. The molecule has 1 aromatic heterocycles. The summed E-state index contributed by atoms with van der Waals surface area (Å²) < 4.78 is 2.54. The molecule has 5 heteroatoms. The summed E-state index contributed by atoms with van der Waals surface area (Å²) in [5.74, 6) is 1.13. The highest BCUT2D eigenvalue weighted by atomic mass is 32.1. The van der Waals surface area contributed by atoms with Crippen molar-refractivity contribution in [2.24, 2.45) is 11.8 Å². The lowest BCUT2D eigenvalue weighted by Gasteiger charge is -2.35. The Balaban J connectivity index is 1.83. The molecule has 4 nitrogen and oxygen atoms in total. The molecule has 0 N–H and O–H groups in total. The van der Waals surface area contributed by atoms with E-state index in [2.05, 4.69) is 13.8 Å². The van der Waals surface area contributed by atoms with Gasteiger partial charge in [-0.1, -0.05) is 37.3 Å². The monoisotopic (exact) mass is 304 g/mol. The van der Waals surface area contributed by atoms with Crippen LogP contribution in [0.3, 0.4) is 0 Å². The third-order valence-electron chi connectivity index (χ3n) is 4.09. The summed E-state index contributed by atoms with van der Waals surface area (Å²) >= 11 is 1.21. The van der Waals surface area contributed by atoms with Gasteiger partial charge >= 0.3 is 4.87 Å². The Bertz CT molecular complexity index is 708. The Labute approximate surface area is 128 Å². The van der Waals surface area contributed by atoms with Gasteiger partial charge in [-0.05, 0) is 30.4 Å². The van der Waals surface area contributed by atoms with Crippen LogP contribution in [0.4, 0.5) is 0 Å². The second kappa shape index (κ2) is 5.64. The van der Waals surface area contributed by atoms with Gasteiger partial charge in [-0.25, -0.2) is 0 Å². The number of amides is 1. The van der Waals surface area contributed by atoms with Gasteiger partial charge in [0.15, 0.2) is 0 Å². The molecule has 0 radical (unpaired) electrons. The summed E-state index contributed by atoms with van der Waals surface area (Å²) in [6, 6.07) is 7.65. The molecular weight excluding hydrogens is 284 g/mol. The summed E-state index contributed by atoms with van der Waals surface area (Å²) in [7, 11) is 0. The van der Waals surface area contributed by atoms with Crippen molar-refractivity contribution in [3.63, 3.8) is 0 Å². The molecule has 1 aliphatic heterocycles. The van der Waals surface area contributed by atoms with Crippen molar-refractivity contribution >= 4 is 27.5 Å².